The van der Waals surface area contributed by atoms with Crippen LogP contribution in [0.4, 0.5) is 5.69 Å². The Labute approximate surface area is 105 Å². The minimum absolute atomic E-state index is 0.160. The minimum atomic E-state index is -0.324. The van der Waals surface area contributed by atoms with Crippen LogP contribution in [-0.4, -0.2) is 16.7 Å². The highest BCUT2D eigenvalue weighted by Crippen LogP contribution is 2.07. The van der Waals surface area contributed by atoms with Crippen molar-refractivity contribution in [2.24, 2.45) is 0 Å². The minimum Gasteiger partial charge on any atom is -0.326 e. The Hall–Kier alpha value is -2.49. The van der Waals surface area contributed by atoms with Crippen LogP contribution < -0.4 is 5.32 Å². The van der Waals surface area contributed by atoms with Crippen molar-refractivity contribution in [2.75, 3.05) is 5.32 Å². The highest BCUT2D eigenvalue weighted by atomic mass is 16.2. The normalized spacial score (nSPS) is 9.78. The molecule has 1 N–H and O–H groups in total. The zero-order valence-electron chi connectivity index (χ0n) is 9.67. The van der Waals surface area contributed by atoms with Crippen molar-refractivity contribution in [1.29, 1.82) is 0 Å². The molecule has 0 spiro atoms. The van der Waals surface area contributed by atoms with Crippen LogP contribution in [-0.2, 0) is 4.79 Å². The summed E-state index contributed by atoms with van der Waals surface area (Å²) in [5.41, 5.74) is 1.18. The van der Waals surface area contributed by atoms with Crippen molar-refractivity contribution in [2.45, 2.75) is 6.42 Å². The van der Waals surface area contributed by atoms with Crippen LogP contribution in [0.1, 0.15) is 16.8 Å². The number of nitrogens with zero attached hydrogens (tertiary/aromatic N) is 1. The third kappa shape index (κ3) is 3.25. The maximum atomic E-state index is 11.8. The first-order chi connectivity index (χ1) is 8.75. The fourth-order valence-corrected chi connectivity index (χ4v) is 1.51. The summed E-state index contributed by atoms with van der Waals surface area (Å²) in [7, 11) is 0. The second kappa shape index (κ2) is 5.72. The number of pyridine rings is 1. The molecule has 0 unspecified atom stereocenters. The molecule has 0 aliphatic carbocycles. The first-order valence-electron chi connectivity index (χ1n) is 5.54. The maximum Gasteiger partial charge on any atom is 0.232 e. The largest absolute Gasteiger partial charge is 0.326 e. The quantitative estimate of drug-likeness (QED) is 0.659. The van der Waals surface area contributed by atoms with E-state index in [0.29, 0.717) is 11.3 Å². The van der Waals surface area contributed by atoms with Gasteiger partial charge in [-0.2, -0.15) is 0 Å². The Morgan fingerprint density at radius 2 is 1.67 bits per heavy atom. The number of hydrogen-bond acceptors (Lipinski definition) is 3. The molecule has 1 heterocycles. The van der Waals surface area contributed by atoms with E-state index in [9.17, 15) is 9.59 Å². The van der Waals surface area contributed by atoms with E-state index in [2.05, 4.69) is 10.3 Å². The Balaban J connectivity index is 1.94. The lowest BCUT2D eigenvalue weighted by Gasteiger charge is -2.04. The number of rotatable bonds is 4. The monoisotopic (exact) mass is 240 g/mol. The maximum absolute atomic E-state index is 11.8. The average molecular weight is 240 g/mol. The van der Waals surface area contributed by atoms with Gasteiger partial charge in [0.1, 0.15) is 0 Å². The molecule has 1 aromatic heterocycles. The van der Waals surface area contributed by atoms with E-state index in [1.165, 1.54) is 0 Å². The van der Waals surface area contributed by atoms with Gasteiger partial charge in [0.2, 0.25) is 5.91 Å². The number of aromatic nitrogens is 1. The van der Waals surface area contributed by atoms with Gasteiger partial charge in [-0.05, 0) is 12.1 Å². The van der Waals surface area contributed by atoms with Gasteiger partial charge in [0.25, 0.3) is 0 Å². The molecule has 4 nitrogen and oxygen atoms in total. The molecule has 0 aliphatic heterocycles. The van der Waals surface area contributed by atoms with Gasteiger partial charge in [0.05, 0.1) is 6.42 Å². The molecule has 2 aromatic rings. The molecule has 0 bridgehead atoms. The standard InChI is InChI=1S/C14H12N2O2/c17-13(11-4-2-1-3-5-11)10-14(18)16-12-6-8-15-9-7-12/h1-9H,10H2,(H,15,16,18). The van der Waals surface area contributed by atoms with Crippen LogP contribution in [0.3, 0.4) is 0 Å². The highest BCUT2D eigenvalue weighted by molar-refractivity contribution is 6.10. The molecule has 0 radical (unpaired) electrons. The summed E-state index contributed by atoms with van der Waals surface area (Å²) >= 11 is 0. The predicted molar refractivity (Wildman–Crippen MR) is 68.3 cm³/mol. The molecule has 0 saturated carbocycles. The molecular formula is C14H12N2O2. The third-order valence-corrected chi connectivity index (χ3v) is 2.38. The number of benzene rings is 1. The fourth-order valence-electron chi connectivity index (χ4n) is 1.51. The summed E-state index contributed by atoms with van der Waals surface area (Å²) in [6, 6.07) is 12.1. The van der Waals surface area contributed by atoms with Gasteiger partial charge in [0, 0.05) is 23.6 Å². The van der Waals surface area contributed by atoms with Crippen molar-refractivity contribution in [3.8, 4) is 0 Å². The smallest absolute Gasteiger partial charge is 0.232 e. The van der Waals surface area contributed by atoms with Crippen LogP contribution >= 0.6 is 0 Å². The molecule has 0 fully saturated rings. The highest BCUT2D eigenvalue weighted by Gasteiger charge is 2.11. The lowest BCUT2D eigenvalue weighted by atomic mass is 10.1. The van der Waals surface area contributed by atoms with E-state index < -0.39 is 0 Å². The topological polar surface area (TPSA) is 59.1 Å². The Morgan fingerprint density at radius 3 is 2.33 bits per heavy atom. The molecule has 1 aromatic carbocycles. The van der Waals surface area contributed by atoms with E-state index in [0.717, 1.165) is 0 Å². The van der Waals surface area contributed by atoms with Gasteiger partial charge < -0.3 is 5.32 Å². The number of carbonyl (C=O) groups is 2. The number of anilines is 1. The molecule has 1 amide bonds. The van der Waals surface area contributed by atoms with Crippen molar-refractivity contribution in [3.05, 3.63) is 60.4 Å². The first-order valence-corrected chi connectivity index (χ1v) is 5.54. The number of nitrogens with one attached hydrogen (secondary N) is 1. The lowest BCUT2D eigenvalue weighted by molar-refractivity contribution is -0.115. The van der Waals surface area contributed by atoms with E-state index >= 15 is 0 Å². The van der Waals surface area contributed by atoms with Gasteiger partial charge in [-0.3, -0.25) is 14.6 Å². The van der Waals surface area contributed by atoms with E-state index in [-0.39, 0.29) is 18.1 Å². The van der Waals surface area contributed by atoms with Gasteiger partial charge in [-0.25, -0.2) is 0 Å². The molecule has 18 heavy (non-hydrogen) atoms. The average Bonchev–Trinajstić information content (AvgIpc) is 2.40. The first kappa shape index (κ1) is 12.0. The van der Waals surface area contributed by atoms with E-state index in [1.807, 2.05) is 6.07 Å². The SMILES string of the molecule is O=C(CC(=O)c1ccccc1)Nc1ccncc1. The second-order valence-corrected chi connectivity index (χ2v) is 3.75. The van der Waals surface area contributed by atoms with E-state index in [4.69, 9.17) is 0 Å². The lowest BCUT2D eigenvalue weighted by Crippen LogP contribution is -2.16. The number of amides is 1. The summed E-state index contributed by atoms with van der Waals surface area (Å²) in [6.07, 6.45) is 3.00. The summed E-state index contributed by atoms with van der Waals surface area (Å²) in [5, 5.41) is 2.64. The second-order valence-electron chi connectivity index (χ2n) is 3.75. The molecular weight excluding hydrogens is 228 g/mol. The molecule has 0 saturated heterocycles. The molecule has 4 heteroatoms. The Morgan fingerprint density at radius 1 is 1.00 bits per heavy atom. The summed E-state index contributed by atoms with van der Waals surface area (Å²) in [5.74, 6) is -0.516. The van der Waals surface area contributed by atoms with Crippen LogP contribution in [0.15, 0.2) is 54.9 Å². The fraction of sp³-hybridized carbons (Fsp3) is 0.0714. The molecule has 90 valence electrons. The van der Waals surface area contributed by atoms with Crippen molar-refractivity contribution in [1.82, 2.24) is 4.98 Å². The molecule has 2 rings (SSSR count). The van der Waals surface area contributed by atoms with Gasteiger partial charge >= 0.3 is 0 Å². The van der Waals surface area contributed by atoms with Gasteiger partial charge in [0.15, 0.2) is 5.78 Å². The number of ketones is 1. The summed E-state index contributed by atoms with van der Waals surface area (Å²) < 4.78 is 0. The van der Waals surface area contributed by atoms with Crippen molar-refractivity contribution >= 4 is 17.4 Å². The van der Waals surface area contributed by atoms with Crippen LogP contribution in [0.5, 0.6) is 0 Å². The predicted octanol–water partition coefficient (Wildman–Crippen LogP) is 2.29. The number of carbonyl (C=O) groups excluding carboxylic acids is 2. The molecule has 0 aliphatic rings. The van der Waals surface area contributed by atoms with Gasteiger partial charge in [-0.15, -0.1) is 0 Å². The number of hydrogen-bond donors (Lipinski definition) is 1. The van der Waals surface area contributed by atoms with Crippen LogP contribution in [0.2, 0.25) is 0 Å². The molecule has 0 atom stereocenters. The van der Waals surface area contributed by atoms with Crippen molar-refractivity contribution < 1.29 is 9.59 Å². The van der Waals surface area contributed by atoms with Crippen molar-refractivity contribution in [3.63, 3.8) is 0 Å². The summed E-state index contributed by atoms with van der Waals surface area (Å²) in [6.45, 7) is 0. The zero-order chi connectivity index (χ0) is 12.8. The van der Waals surface area contributed by atoms with Crippen LogP contribution in [0.25, 0.3) is 0 Å². The van der Waals surface area contributed by atoms with Gasteiger partial charge in [-0.1, -0.05) is 30.3 Å². The summed E-state index contributed by atoms with van der Waals surface area (Å²) in [4.78, 5) is 27.3. The Bertz CT molecular complexity index is 538. The Kier molecular flexibility index (Phi) is 3.81. The van der Waals surface area contributed by atoms with Crippen LogP contribution in [0, 0.1) is 0 Å². The van der Waals surface area contributed by atoms with E-state index in [1.54, 1.807) is 48.8 Å². The zero-order valence-corrected chi connectivity index (χ0v) is 9.67. The third-order valence-electron chi connectivity index (χ3n) is 2.38. The number of Topliss-reactive ketones (excluding diaryl/α,β-unsaturated/α-hetero) is 1.